The smallest absolute Gasteiger partial charge is 0.407 e. The van der Waals surface area contributed by atoms with E-state index in [1.807, 2.05) is 30.3 Å². The van der Waals surface area contributed by atoms with Crippen molar-refractivity contribution < 1.29 is 9.53 Å². The van der Waals surface area contributed by atoms with Crippen LogP contribution in [-0.2, 0) is 4.74 Å². The first-order valence-corrected chi connectivity index (χ1v) is 3.87. The minimum absolute atomic E-state index is 0.483. The van der Waals surface area contributed by atoms with Crippen molar-refractivity contribution in [2.24, 2.45) is 4.99 Å². The summed E-state index contributed by atoms with van der Waals surface area (Å²) in [5.41, 5.74) is 0.985. The van der Waals surface area contributed by atoms with E-state index in [1.165, 1.54) is 6.21 Å². The van der Waals surface area contributed by atoms with Gasteiger partial charge in [0.05, 0.1) is 6.21 Å². The predicted molar refractivity (Wildman–Crippen MR) is 49.4 cm³/mol. The number of carbonyl (C=O) groups excluding carboxylic acids is 1. The fraction of sp³-hybridized carbons (Fsp3) is 0. The molecule has 1 aromatic rings. The molecule has 2 rings (SSSR count). The summed E-state index contributed by atoms with van der Waals surface area (Å²) < 4.78 is 4.77. The van der Waals surface area contributed by atoms with Gasteiger partial charge in [0.15, 0.2) is 5.76 Å². The quantitative estimate of drug-likeness (QED) is 0.653. The van der Waals surface area contributed by atoms with E-state index in [1.54, 1.807) is 6.08 Å². The number of cyclic esters (lactones) is 1. The zero-order valence-corrected chi connectivity index (χ0v) is 6.81. The van der Waals surface area contributed by atoms with Crippen molar-refractivity contribution in [3.63, 3.8) is 0 Å². The van der Waals surface area contributed by atoms with Gasteiger partial charge in [0.25, 0.3) is 0 Å². The lowest BCUT2D eigenvalue weighted by molar-refractivity contribution is 0.198. The van der Waals surface area contributed by atoms with Gasteiger partial charge in [-0.05, 0) is 11.6 Å². The Morgan fingerprint density at radius 2 is 2.00 bits per heavy atom. The molecule has 0 spiro atoms. The number of benzene rings is 1. The second-order valence-electron chi connectivity index (χ2n) is 2.58. The minimum Gasteiger partial charge on any atom is -0.407 e. The van der Waals surface area contributed by atoms with Crippen LogP contribution >= 0.6 is 0 Å². The number of hydrogen-bond acceptors (Lipinski definition) is 2. The number of hydrogen-bond donors (Lipinski definition) is 0. The molecule has 0 unspecified atom stereocenters. The van der Waals surface area contributed by atoms with Gasteiger partial charge in [-0.25, -0.2) is 4.79 Å². The number of ether oxygens (including phenoxy) is 1. The SMILES string of the molecule is O=C1N=CC(=Cc2ccccc2)O1. The Hall–Kier alpha value is -1.90. The molecule has 0 fully saturated rings. The van der Waals surface area contributed by atoms with Crippen molar-refractivity contribution in [3.8, 4) is 0 Å². The maximum atomic E-state index is 10.6. The van der Waals surface area contributed by atoms with E-state index in [9.17, 15) is 4.79 Å². The van der Waals surface area contributed by atoms with Crippen molar-refractivity contribution in [1.82, 2.24) is 0 Å². The van der Waals surface area contributed by atoms with Crippen LogP contribution in [0.15, 0.2) is 41.1 Å². The van der Waals surface area contributed by atoms with E-state index in [-0.39, 0.29) is 0 Å². The molecule has 1 aromatic carbocycles. The molecule has 0 saturated carbocycles. The molecule has 3 nitrogen and oxygen atoms in total. The van der Waals surface area contributed by atoms with E-state index in [0.717, 1.165) is 5.56 Å². The number of rotatable bonds is 1. The third-order valence-electron chi connectivity index (χ3n) is 1.61. The molecule has 1 amide bonds. The molecular formula is C10H7NO2. The summed E-state index contributed by atoms with van der Waals surface area (Å²) in [6.45, 7) is 0. The van der Waals surface area contributed by atoms with Gasteiger partial charge in [-0.1, -0.05) is 30.3 Å². The third-order valence-corrected chi connectivity index (χ3v) is 1.61. The number of amides is 1. The maximum Gasteiger partial charge on any atom is 0.439 e. The summed E-state index contributed by atoms with van der Waals surface area (Å²) in [6, 6.07) is 9.61. The lowest BCUT2D eigenvalue weighted by Gasteiger charge is -1.93. The highest BCUT2D eigenvalue weighted by atomic mass is 16.6. The lowest BCUT2D eigenvalue weighted by atomic mass is 10.2. The molecule has 0 N–H and O–H groups in total. The van der Waals surface area contributed by atoms with Crippen LogP contribution in [0.25, 0.3) is 6.08 Å². The highest BCUT2D eigenvalue weighted by Crippen LogP contribution is 2.10. The van der Waals surface area contributed by atoms with Gasteiger partial charge >= 0.3 is 6.09 Å². The van der Waals surface area contributed by atoms with Crippen molar-refractivity contribution in [2.75, 3.05) is 0 Å². The largest absolute Gasteiger partial charge is 0.439 e. The van der Waals surface area contributed by atoms with E-state index in [4.69, 9.17) is 4.74 Å². The van der Waals surface area contributed by atoms with E-state index in [2.05, 4.69) is 4.99 Å². The van der Waals surface area contributed by atoms with Crippen LogP contribution in [0.3, 0.4) is 0 Å². The molecule has 3 heteroatoms. The average molecular weight is 173 g/mol. The van der Waals surface area contributed by atoms with E-state index < -0.39 is 6.09 Å². The Balaban J connectivity index is 2.23. The van der Waals surface area contributed by atoms with Crippen LogP contribution in [0.2, 0.25) is 0 Å². The topological polar surface area (TPSA) is 38.7 Å². The average Bonchev–Trinajstić information content (AvgIpc) is 2.53. The van der Waals surface area contributed by atoms with Crippen LogP contribution in [0.4, 0.5) is 4.79 Å². The first kappa shape index (κ1) is 7.73. The van der Waals surface area contributed by atoms with Gasteiger partial charge in [0, 0.05) is 0 Å². The lowest BCUT2D eigenvalue weighted by Crippen LogP contribution is -1.87. The Bertz CT molecular complexity index is 379. The van der Waals surface area contributed by atoms with E-state index >= 15 is 0 Å². The monoisotopic (exact) mass is 173 g/mol. The second kappa shape index (κ2) is 3.23. The Morgan fingerprint density at radius 1 is 1.23 bits per heavy atom. The summed E-state index contributed by atoms with van der Waals surface area (Å²) in [5, 5.41) is 0. The highest BCUT2D eigenvalue weighted by Gasteiger charge is 2.10. The fourth-order valence-electron chi connectivity index (χ4n) is 1.05. The second-order valence-corrected chi connectivity index (χ2v) is 2.58. The molecular weight excluding hydrogens is 166 g/mol. The van der Waals surface area contributed by atoms with Gasteiger partial charge < -0.3 is 4.74 Å². The fourth-order valence-corrected chi connectivity index (χ4v) is 1.05. The van der Waals surface area contributed by atoms with E-state index in [0.29, 0.717) is 5.76 Å². The third kappa shape index (κ3) is 1.82. The number of nitrogens with zero attached hydrogens (tertiary/aromatic N) is 1. The van der Waals surface area contributed by atoms with Crippen molar-refractivity contribution in [2.45, 2.75) is 0 Å². The highest BCUT2D eigenvalue weighted by molar-refractivity contribution is 5.97. The molecule has 13 heavy (non-hydrogen) atoms. The summed E-state index contributed by atoms with van der Waals surface area (Å²) in [5.74, 6) is 0.483. The summed E-state index contributed by atoms with van der Waals surface area (Å²) >= 11 is 0. The molecule has 1 aliphatic heterocycles. The van der Waals surface area contributed by atoms with Gasteiger partial charge in [-0.15, -0.1) is 0 Å². The van der Waals surface area contributed by atoms with Crippen LogP contribution < -0.4 is 0 Å². The number of allylic oxidation sites excluding steroid dienone is 1. The molecule has 0 atom stereocenters. The zero-order chi connectivity index (χ0) is 9.10. The molecule has 0 bridgehead atoms. The predicted octanol–water partition coefficient (Wildman–Crippen LogP) is 2.25. The normalized spacial score (nSPS) is 17.8. The minimum atomic E-state index is -0.554. The first-order chi connectivity index (χ1) is 6.34. The van der Waals surface area contributed by atoms with Crippen LogP contribution in [-0.4, -0.2) is 12.3 Å². The van der Waals surface area contributed by atoms with Crippen LogP contribution in [0.5, 0.6) is 0 Å². The molecule has 0 radical (unpaired) electrons. The molecule has 0 aliphatic carbocycles. The number of aliphatic imine (C=N–C) groups is 1. The summed E-state index contributed by atoms with van der Waals surface area (Å²) in [7, 11) is 0. The molecule has 1 aliphatic rings. The van der Waals surface area contributed by atoms with Gasteiger partial charge in [-0.3, -0.25) is 0 Å². The summed E-state index contributed by atoms with van der Waals surface area (Å²) in [4.78, 5) is 14.0. The Labute approximate surface area is 75.4 Å². The summed E-state index contributed by atoms with van der Waals surface area (Å²) in [6.07, 6.45) is 2.62. The van der Waals surface area contributed by atoms with Gasteiger partial charge in [0.1, 0.15) is 0 Å². The maximum absolute atomic E-state index is 10.6. The standard InChI is InChI=1S/C10H7NO2/c12-10-11-7-9(13-10)6-8-4-2-1-3-5-8/h1-7H. The van der Waals surface area contributed by atoms with Gasteiger partial charge in [0.2, 0.25) is 0 Å². The first-order valence-electron chi connectivity index (χ1n) is 3.87. The van der Waals surface area contributed by atoms with Gasteiger partial charge in [-0.2, -0.15) is 4.99 Å². The van der Waals surface area contributed by atoms with Crippen LogP contribution in [0, 0.1) is 0 Å². The van der Waals surface area contributed by atoms with Crippen molar-refractivity contribution in [1.29, 1.82) is 0 Å². The molecule has 0 saturated heterocycles. The Kier molecular flexibility index (Phi) is 1.92. The molecule has 64 valence electrons. The Morgan fingerprint density at radius 3 is 2.62 bits per heavy atom. The van der Waals surface area contributed by atoms with Crippen molar-refractivity contribution >= 4 is 18.4 Å². The molecule has 1 heterocycles. The molecule has 0 aromatic heterocycles. The van der Waals surface area contributed by atoms with Crippen molar-refractivity contribution in [3.05, 3.63) is 41.7 Å². The van der Waals surface area contributed by atoms with Crippen LogP contribution in [0.1, 0.15) is 5.56 Å². The zero-order valence-electron chi connectivity index (χ0n) is 6.81. The number of carbonyl (C=O) groups is 1.